The number of fused-ring (bicyclic) bond motifs is 3. The molecule has 2 aromatic heterocycles. The highest BCUT2D eigenvalue weighted by Gasteiger charge is 2.30. The van der Waals surface area contributed by atoms with Gasteiger partial charge in [-0.05, 0) is 24.3 Å². The van der Waals surface area contributed by atoms with E-state index in [0.717, 1.165) is 0 Å². The molecular weight excluding hydrogens is 500 g/mol. The molecule has 0 fully saturated rings. The van der Waals surface area contributed by atoms with Crippen molar-refractivity contribution in [3.05, 3.63) is 95.6 Å². The number of nitrogens with zero attached hydrogens (tertiary/aromatic N) is 6. The molecule has 38 heavy (non-hydrogen) atoms. The van der Waals surface area contributed by atoms with Crippen molar-refractivity contribution in [2.75, 3.05) is 10.9 Å². The van der Waals surface area contributed by atoms with Gasteiger partial charge in [-0.1, -0.05) is 24.3 Å². The molecule has 0 aliphatic carbocycles. The van der Waals surface area contributed by atoms with Gasteiger partial charge in [0.15, 0.2) is 23.3 Å². The lowest BCUT2D eigenvalue weighted by Crippen LogP contribution is -2.16. The van der Waals surface area contributed by atoms with Crippen molar-refractivity contribution < 1.29 is 17.6 Å². The van der Waals surface area contributed by atoms with Crippen LogP contribution in [-0.4, -0.2) is 19.3 Å². The lowest BCUT2D eigenvalue weighted by atomic mass is 9.95. The molecule has 6 rings (SSSR count). The lowest BCUT2D eigenvalue weighted by molar-refractivity contribution is 0.418. The Hall–Kier alpha value is -5.62. The van der Waals surface area contributed by atoms with Gasteiger partial charge in [0.1, 0.15) is 24.8 Å². The molecule has 0 saturated heterocycles. The first-order chi connectivity index (χ1) is 18.4. The van der Waals surface area contributed by atoms with Crippen molar-refractivity contribution in [3.8, 4) is 12.1 Å². The number of halogens is 4. The average molecular weight is 512 g/mol. The van der Waals surface area contributed by atoms with E-state index in [9.17, 15) is 19.3 Å². The van der Waals surface area contributed by atoms with Gasteiger partial charge >= 0.3 is 0 Å². The van der Waals surface area contributed by atoms with E-state index in [-0.39, 0.29) is 0 Å². The second-order valence-corrected chi connectivity index (χ2v) is 8.16. The van der Waals surface area contributed by atoms with Crippen LogP contribution in [0.1, 0.15) is 11.1 Å². The van der Waals surface area contributed by atoms with Crippen LogP contribution in [0.2, 0.25) is 0 Å². The minimum Gasteiger partial charge on any atom is -0.291 e. The number of benzene rings is 4. The first-order valence-electron chi connectivity index (χ1n) is 11.0. The number of hydrogen-bond donors (Lipinski definition) is 2. The number of nitriles is 2. The Kier molecular flexibility index (Phi) is 5.10. The number of anilines is 2. The molecule has 0 saturated carbocycles. The smallest absolute Gasteiger partial charge is 0.198 e. The maximum absolute atomic E-state index is 15.4. The molecule has 0 amide bonds. The molecule has 0 spiro atoms. The molecule has 0 radical (unpaired) electrons. The van der Waals surface area contributed by atoms with Gasteiger partial charge < -0.3 is 0 Å². The SMILES string of the molecule is N#Cc1c(C#N)c(Nn2cnc3ccccc32)c2c(F)c(F)c(F)c(F)c2c1Nn1cnc2ccccc21. The number of imidazole rings is 2. The zero-order valence-electron chi connectivity index (χ0n) is 19.0. The highest BCUT2D eigenvalue weighted by molar-refractivity contribution is 6.08. The summed E-state index contributed by atoms with van der Waals surface area (Å²) in [5.41, 5.74) is 5.72. The van der Waals surface area contributed by atoms with Crippen molar-refractivity contribution in [1.29, 1.82) is 10.5 Å². The predicted molar refractivity (Wildman–Crippen MR) is 131 cm³/mol. The number of aromatic nitrogens is 4. The third kappa shape index (κ3) is 3.21. The molecule has 0 bridgehead atoms. The highest BCUT2D eigenvalue weighted by Crippen LogP contribution is 2.42. The van der Waals surface area contributed by atoms with Gasteiger partial charge in [0.05, 0.1) is 55.3 Å². The Balaban J connectivity index is 1.70. The van der Waals surface area contributed by atoms with E-state index < -0.39 is 56.5 Å². The Bertz CT molecular complexity index is 1870. The summed E-state index contributed by atoms with van der Waals surface area (Å²) in [6.45, 7) is 0. The van der Waals surface area contributed by atoms with Crippen LogP contribution in [0.5, 0.6) is 0 Å². The van der Waals surface area contributed by atoms with Crippen LogP contribution in [0.25, 0.3) is 32.8 Å². The fraction of sp³-hybridized carbons (Fsp3) is 0. The second kappa shape index (κ2) is 8.50. The first kappa shape index (κ1) is 22.8. The van der Waals surface area contributed by atoms with Crippen LogP contribution in [0.4, 0.5) is 28.9 Å². The van der Waals surface area contributed by atoms with Crippen molar-refractivity contribution in [3.63, 3.8) is 0 Å². The maximum atomic E-state index is 15.4. The van der Waals surface area contributed by atoms with E-state index >= 15 is 8.78 Å². The molecule has 0 aliphatic heterocycles. The van der Waals surface area contributed by atoms with Gasteiger partial charge in [0, 0.05) is 0 Å². The summed E-state index contributed by atoms with van der Waals surface area (Å²) in [5, 5.41) is 18.5. The van der Waals surface area contributed by atoms with Gasteiger partial charge in [-0.15, -0.1) is 0 Å². The summed E-state index contributed by atoms with van der Waals surface area (Å²) in [5.74, 6) is -7.63. The van der Waals surface area contributed by atoms with Crippen LogP contribution in [-0.2, 0) is 0 Å². The minimum absolute atomic E-state index is 0.436. The van der Waals surface area contributed by atoms with Crippen LogP contribution < -0.4 is 10.9 Å². The molecule has 0 unspecified atom stereocenters. The summed E-state index contributed by atoms with van der Waals surface area (Å²) in [7, 11) is 0. The quantitative estimate of drug-likeness (QED) is 0.181. The van der Waals surface area contributed by atoms with Gasteiger partial charge in [-0.25, -0.2) is 36.9 Å². The third-order valence-electron chi connectivity index (χ3n) is 6.11. The van der Waals surface area contributed by atoms with Gasteiger partial charge in [-0.2, -0.15) is 10.5 Å². The fourth-order valence-corrected chi connectivity index (χ4v) is 4.39. The fourth-order valence-electron chi connectivity index (χ4n) is 4.39. The average Bonchev–Trinajstić information content (AvgIpc) is 3.55. The Morgan fingerprint density at radius 1 is 0.605 bits per heavy atom. The normalized spacial score (nSPS) is 11.1. The zero-order chi connectivity index (χ0) is 26.6. The summed E-state index contributed by atoms with van der Waals surface area (Å²) < 4.78 is 62.5. The highest BCUT2D eigenvalue weighted by atomic mass is 19.2. The van der Waals surface area contributed by atoms with Crippen LogP contribution in [0.15, 0.2) is 61.2 Å². The molecule has 2 N–H and O–H groups in total. The molecule has 6 aromatic rings. The molecule has 0 atom stereocenters. The van der Waals surface area contributed by atoms with E-state index in [4.69, 9.17) is 0 Å². The van der Waals surface area contributed by atoms with Crippen molar-refractivity contribution in [1.82, 2.24) is 19.3 Å². The number of nitrogens with one attached hydrogen (secondary N) is 2. The second-order valence-electron chi connectivity index (χ2n) is 8.16. The minimum atomic E-state index is -2.07. The molecule has 2 heterocycles. The predicted octanol–water partition coefficient (Wildman–Crippen LogP) is 5.59. The number of hydrogen-bond acceptors (Lipinski definition) is 6. The zero-order valence-corrected chi connectivity index (χ0v) is 19.0. The molecule has 4 aromatic carbocycles. The molecule has 0 aliphatic rings. The van der Waals surface area contributed by atoms with Crippen molar-refractivity contribution in [2.45, 2.75) is 0 Å². The summed E-state index contributed by atoms with van der Waals surface area (Å²) in [4.78, 5) is 8.38. The van der Waals surface area contributed by atoms with E-state index in [2.05, 4.69) is 20.8 Å². The van der Waals surface area contributed by atoms with Gasteiger partial charge in [0.25, 0.3) is 0 Å². The van der Waals surface area contributed by atoms with Crippen LogP contribution in [0.3, 0.4) is 0 Å². The van der Waals surface area contributed by atoms with Crippen molar-refractivity contribution >= 4 is 44.2 Å². The topological polar surface area (TPSA) is 107 Å². The lowest BCUT2D eigenvalue weighted by Gasteiger charge is -2.20. The standard InChI is InChI=1S/C26H12F4N8/c27-21-19-20(22(28)24(30)23(21)29)26(36-38-12-34-16-6-2-4-8-18(16)38)14(10-32)13(9-31)25(19)35-37-11-33-15-5-1-3-7-17(15)37/h1-8,11-12,35-36H. The first-order valence-corrected chi connectivity index (χ1v) is 11.0. The van der Waals surface area contributed by atoms with Gasteiger partial charge in [0.2, 0.25) is 0 Å². The van der Waals surface area contributed by atoms with E-state index in [1.54, 1.807) is 48.5 Å². The number of rotatable bonds is 4. The molecular formula is C26H12F4N8. The number of para-hydroxylation sites is 4. The molecule has 8 nitrogen and oxygen atoms in total. The Morgan fingerprint density at radius 3 is 1.39 bits per heavy atom. The van der Waals surface area contributed by atoms with E-state index in [1.807, 2.05) is 12.1 Å². The maximum Gasteiger partial charge on any atom is 0.198 e. The van der Waals surface area contributed by atoms with Crippen molar-refractivity contribution in [2.24, 2.45) is 0 Å². The van der Waals surface area contributed by atoms with E-state index in [1.165, 1.54) is 22.0 Å². The largest absolute Gasteiger partial charge is 0.291 e. The Morgan fingerprint density at radius 2 is 1.00 bits per heavy atom. The molecule has 12 heteroatoms. The summed E-state index contributed by atoms with van der Waals surface area (Å²) in [6, 6.07) is 17.2. The Labute approximate surface area is 210 Å². The third-order valence-corrected chi connectivity index (χ3v) is 6.11. The monoisotopic (exact) mass is 512 g/mol. The van der Waals surface area contributed by atoms with Crippen LogP contribution >= 0.6 is 0 Å². The van der Waals surface area contributed by atoms with Crippen LogP contribution in [0, 0.1) is 45.9 Å². The summed E-state index contributed by atoms with van der Waals surface area (Å²) >= 11 is 0. The molecule has 184 valence electrons. The summed E-state index contributed by atoms with van der Waals surface area (Å²) in [6.07, 6.45) is 2.61. The van der Waals surface area contributed by atoms with Gasteiger partial charge in [-0.3, -0.25) is 10.9 Å². The van der Waals surface area contributed by atoms with E-state index in [0.29, 0.717) is 22.1 Å².